The van der Waals surface area contributed by atoms with Crippen molar-refractivity contribution in [3.05, 3.63) is 0 Å². The normalized spacial score (nSPS) is 45.7. The van der Waals surface area contributed by atoms with Crippen LogP contribution < -0.4 is 5.32 Å². The van der Waals surface area contributed by atoms with E-state index in [9.17, 15) is 0 Å². The molecule has 0 amide bonds. The summed E-state index contributed by atoms with van der Waals surface area (Å²) in [4.78, 5) is 2.84. The zero-order valence-electron chi connectivity index (χ0n) is 11.2. The minimum absolute atomic E-state index is 0.833. The second-order valence-electron chi connectivity index (χ2n) is 6.13. The van der Waals surface area contributed by atoms with Gasteiger partial charge in [0.05, 0.1) is 0 Å². The Morgan fingerprint density at radius 3 is 2.35 bits per heavy atom. The molecule has 17 heavy (non-hydrogen) atoms. The number of hydrogen-bond acceptors (Lipinski definition) is 3. The van der Waals surface area contributed by atoms with Crippen LogP contribution in [0.15, 0.2) is 0 Å². The molecule has 0 aliphatic carbocycles. The Hall–Kier alpha value is 0.270. The highest BCUT2D eigenvalue weighted by atomic mass is 32.2. The molecule has 3 heterocycles. The van der Waals surface area contributed by atoms with Gasteiger partial charge < -0.3 is 5.32 Å². The van der Waals surface area contributed by atoms with Gasteiger partial charge in [0, 0.05) is 35.2 Å². The van der Waals surface area contributed by atoms with Crippen LogP contribution in [0.1, 0.15) is 46.0 Å². The summed E-state index contributed by atoms with van der Waals surface area (Å²) in [5, 5.41) is 4.65. The smallest absolute Gasteiger partial charge is 0.0199 e. The SMILES string of the molecule is CCN(C1CC2CCC(C1)N2)C1CSC(C)C1. The van der Waals surface area contributed by atoms with Crippen LogP contribution in [0.4, 0.5) is 0 Å². The predicted octanol–water partition coefficient (Wildman–Crippen LogP) is 2.49. The lowest BCUT2D eigenvalue weighted by Crippen LogP contribution is -2.51. The van der Waals surface area contributed by atoms with Crippen molar-refractivity contribution in [3.63, 3.8) is 0 Å². The van der Waals surface area contributed by atoms with E-state index in [-0.39, 0.29) is 0 Å². The third-order valence-electron chi connectivity index (χ3n) is 4.93. The fraction of sp³-hybridized carbons (Fsp3) is 1.00. The Morgan fingerprint density at radius 2 is 1.82 bits per heavy atom. The average molecular weight is 254 g/mol. The molecule has 2 bridgehead atoms. The quantitative estimate of drug-likeness (QED) is 0.833. The maximum atomic E-state index is 3.77. The van der Waals surface area contributed by atoms with Crippen LogP contribution in [-0.2, 0) is 0 Å². The number of thioether (sulfide) groups is 1. The standard InChI is InChI=1S/C14H26N2S/c1-3-16(14-6-10(2)17-9-14)13-7-11-4-5-12(8-13)15-11/h10-15H,3-9H2,1-2H3. The third-order valence-corrected chi connectivity index (χ3v) is 6.27. The molecule has 0 saturated carbocycles. The van der Waals surface area contributed by atoms with Crippen molar-refractivity contribution in [2.75, 3.05) is 12.3 Å². The summed E-state index contributed by atoms with van der Waals surface area (Å²) in [7, 11) is 0. The molecule has 1 N–H and O–H groups in total. The first-order chi connectivity index (χ1) is 8.26. The van der Waals surface area contributed by atoms with Crippen LogP contribution in [0.25, 0.3) is 0 Å². The van der Waals surface area contributed by atoms with E-state index in [0.29, 0.717) is 0 Å². The molecule has 0 spiro atoms. The van der Waals surface area contributed by atoms with Crippen molar-refractivity contribution in [3.8, 4) is 0 Å². The van der Waals surface area contributed by atoms with E-state index >= 15 is 0 Å². The Bertz CT molecular complexity index is 259. The molecular formula is C14H26N2S. The number of nitrogens with one attached hydrogen (secondary N) is 1. The first-order valence-electron chi connectivity index (χ1n) is 7.39. The lowest BCUT2D eigenvalue weighted by Gasteiger charge is -2.40. The molecule has 3 rings (SSSR count). The van der Waals surface area contributed by atoms with Crippen molar-refractivity contribution in [1.82, 2.24) is 10.2 Å². The second kappa shape index (κ2) is 5.10. The van der Waals surface area contributed by atoms with Crippen molar-refractivity contribution in [2.24, 2.45) is 0 Å². The molecule has 0 aromatic carbocycles. The average Bonchev–Trinajstić information content (AvgIpc) is 2.87. The van der Waals surface area contributed by atoms with E-state index in [1.165, 1.54) is 44.4 Å². The number of nitrogens with zero attached hydrogens (tertiary/aromatic N) is 1. The minimum Gasteiger partial charge on any atom is -0.311 e. The monoisotopic (exact) mass is 254 g/mol. The Balaban J connectivity index is 1.64. The summed E-state index contributed by atoms with van der Waals surface area (Å²) >= 11 is 2.17. The molecule has 3 fully saturated rings. The zero-order valence-corrected chi connectivity index (χ0v) is 12.0. The van der Waals surface area contributed by atoms with Gasteiger partial charge in [0.15, 0.2) is 0 Å². The van der Waals surface area contributed by atoms with Crippen molar-refractivity contribution in [1.29, 1.82) is 0 Å². The van der Waals surface area contributed by atoms with E-state index in [1.54, 1.807) is 0 Å². The molecule has 0 aromatic rings. The summed E-state index contributed by atoms with van der Waals surface area (Å²) < 4.78 is 0. The van der Waals surface area contributed by atoms with E-state index in [4.69, 9.17) is 0 Å². The fourth-order valence-corrected chi connectivity index (χ4v) is 5.37. The van der Waals surface area contributed by atoms with Crippen molar-refractivity contribution >= 4 is 11.8 Å². The van der Waals surface area contributed by atoms with Gasteiger partial charge in [-0.1, -0.05) is 13.8 Å². The van der Waals surface area contributed by atoms with E-state index in [0.717, 1.165) is 29.4 Å². The highest BCUT2D eigenvalue weighted by Gasteiger charge is 2.38. The van der Waals surface area contributed by atoms with E-state index < -0.39 is 0 Å². The van der Waals surface area contributed by atoms with Gasteiger partial charge in [0.25, 0.3) is 0 Å². The number of piperidine rings is 1. The minimum atomic E-state index is 0.833. The summed E-state index contributed by atoms with van der Waals surface area (Å²) in [5.74, 6) is 1.37. The van der Waals surface area contributed by atoms with Gasteiger partial charge in [-0.3, -0.25) is 4.90 Å². The van der Waals surface area contributed by atoms with Gasteiger partial charge in [-0.15, -0.1) is 0 Å². The fourth-order valence-electron chi connectivity index (χ4n) is 4.14. The third kappa shape index (κ3) is 2.52. The first kappa shape index (κ1) is 12.3. The van der Waals surface area contributed by atoms with Crippen LogP contribution in [0.5, 0.6) is 0 Å². The van der Waals surface area contributed by atoms with Crippen LogP contribution in [0, 0.1) is 0 Å². The molecule has 3 saturated heterocycles. The largest absolute Gasteiger partial charge is 0.311 e. The Morgan fingerprint density at radius 1 is 1.12 bits per heavy atom. The van der Waals surface area contributed by atoms with Crippen LogP contribution >= 0.6 is 11.8 Å². The molecule has 2 nitrogen and oxygen atoms in total. The van der Waals surface area contributed by atoms with Crippen molar-refractivity contribution in [2.45, 2.75) is 75.4 Å². The summed E-state index contributed by atoms with van der Waals surface area (Å²) in [5.41, 5.74) is 0. The zero-order chi connectivity index (χ0) is 11.8. The highest BCUT2D eigenvalue weighted by Crippen LogP contribution is 2.35. The predicted molar refractivity (Wildman–Crippen MR) is 75.7 cm³/mol. The maximum absolute atomic E-state index is 3.77. The van der Waals surface area contributed by atoms with Crippen LogP contribution in [-0.4, -0.2) is 46.6 Å². The number of fused-ring (bicyclic) bond motifs is 2. The first-order valence-corrected chi connectivity index (χ1v) is 8.44. The molecule has 3 aliphatic heterocycles. The van der Waals surface area contributed by atoms with Gasteiger partial charge in [0.1, 0.15) is 0 Å². The molecule has 3 heteroatoms. The summed E-state index contributed by atoms with van der Waals surface area (Å²) in [6.07, 6.45) is 7.07. The van der Waals surface area contributed by atoms with Gasteiger partial charge in [-0.25, -0.2) is 0 Å². The summed E-state index contributed by atoms with van der Waals surface area (Å²) in [6.45, 7) is 6.00. The number of rotatable bonds is 3. The van der Waals surface area contributed by atoms with E-state index in [1.807, 2.05) is 0 Å². The van der Waals surface area contributed by atoms with Crippen molar-refractivity contribution < 1.29 is 0 Å². The Labute approximate surface area is 110 Å². The number of hydrogen-bond donors (Lipinski definition) is 1. The van der Waals surface area contributed by atoms with Crippen LogP contribution in [0.2, 0.25) is 0 Å². The molecule has 98 valence electrons. The van der Waals surface area contributed by atoms with Gasteiger partial charge in [-0.05, 0) is 38.6 Å². The molecule has 4 atom stereocenters. The molecule has 0 aromatic heterocycles. The van der Waals surface area contributed by atoms with E-state index in [2.05, 4.69) is 35.8 Å². The van der Waals surface area contributed by atoms with Gasteiger partial charge >= 0.3 is 0 Å². The van der Waals surface area contributed by atoms with Gasteiger partial charge in [0.2, 0.25) is 0 Å². The summed E-state index contributed by atoms with van der Waals surface area (Å²) in [6, 6.07) is 3.40. The molecule has 4 unspecified atom stereocenters. The lowest BCUT2D eigenvalue weighted by molar-refractivity contribution is 0.109. The second-order valence-corrected chi connectivity index (χ2v) is 7.60. The van der Waals surface area contributed by atoms with Gasteiger partial charge in [-0.2, -0.15) is 11.8 Å². The maximum Gasteiger partial charge on any atom is 0.0199 e. The lowest BCUT2D eigenvalue weighted by atomic mass is 9.96. The highest BCUT2D eigenvalue weighted by molar-refractivity contribution is 8.00. The molecule has 0 radical (unpaired) electrons. The topological polar surface area (TPSA) is 15.3 Å². The molecule has 3 aliphatic rings. The Kier molecular flexibility index (Phi) is 3.69. The molecular weight excluding hydrogens is 228 g/mol. The van der Waals surface area contributed by atoms with Crippen LogP contribution in [0.3, 0.4) is 0 Å².